The van der Waals surface area contributed by atoms with Crippen LogP contribution in [0, 0.1) is 11.7 Å². The van der Waals surface area contributed by atoms with Gasteiger partial charge in [0, 0.05) is 18.9 Å². The molecule has 2 aliphatic heterocycles. The summed E-state index contributed by atoms with van der Waals surface area (Å²) in [6, 6.07) is 6.87. The van der Waals surface area contributed by atoms with Crippen molar-refractivity contribution in [1.29, 1.82) is 0 Å². The van der Waals surface area contributed by atoms with Gasteiger partial charge in [-0.2, -0.15) is 0 Å². The summed E-state index contributed by atoms with van der Waals surface area (Å²) >= 11 is 0. The molecule has 0 amide bonds. The van der Waals surface area contributed by atoms with Gasteiger partial charge in [-0.3, -0.25) is 0 Å². The molecule has 2 aliphatic rings. The van der Waals surface area contributed by atoms with Crippen molar-refractivity contribution in [2.75, 3.05) is 13.1 Å². The number of rotatable bonds is 2. The summed E-state index contributed by atoms with van der Waals surface area (Å²) in [7, 11) is 0. The fourth-order valence-corrected chi connectivity index (χ4v) is 3.42. The van der Waals surface area contributed by atoms with Crippen LogP contribution >= 0.6 is 0 Å². The Bertz CT molecular complexity index is 420. The van der Waals surface area contributed by atoms with E-state index in [9.17, 15) is 4.39 Å². The van der Waals surface area contributed by atoms with E-state index in [4.69, 9.17) is 4.74 Å². The van der Waals surface area contributed by atoms with Crippen LogP contribution in [0.25, 0.3) is 0 Å². The van der Waals surface area contributed by atoms with Crippen LogP contribution in [-0.2, 0) is 11.2 Å². The Kier molecular flexibility index (Phi) is 3.12. The van der Waals surface area contributed by atoms with Gasteiger partial charge >= 0.3 is 0 Å². The van der Waals surface area contributed by atoms with Crippen LogP contribution in [-0.4, -0.2) is 24.8 Å². The van der Waals surface area contributed by atoms with Crippen LogP contribution in [0.4, 0.5) is 4.39 Å². The van der Waals surface area contributed by atoms with E-state index in [1.165, 1.54) is 6.07 Å². The summed E-state index contributed by atoms with van der Waals surface area (Å²) in [5, 5.41) is 3.43. The normalized spacial score (nSPS) is 35.4. The van der Waals surface area contributed by atoms with Gasteiger partial charge in [-0.25, -0.2) is 4.39 Å². The summed E-state index contributed by atoms with van der Waals surface area (Å²) in [6.07, 6.45) is 3.37. The maximum absolute atomic E-state index is 13.2. The van der Waals surface area contributed by atoms with Gasteiger partial charge in [-0.1, -0.05) is 12.1 Å². The van der Waals surface area contributed by atoms with Crippen molar-refractivity contribution in [3.05, 3.63) is 35.6 Å². The van der Waals surface area contributed by atoms with Crippen LogP contribution in [0.15, 0.2) is 24.3 Å². The minimum Gasteiger partial charge on any atom is -0.371 e. The van der Waals surface area contributed by atoms with E-state index in [0.29, 0.717) is 12.0 Å². The molecule has 0 aliphatic carbocycles. The van der Waals surface area contributed by atoms with E-state index in [2.05, 4.69) is 12.2 Å². The van der Waals surface area contributed by atoms with E-state index in [1.807, 2.05) is 6.07 Å². The zero-order chi connectivity index (χ0) is 12.6. The van der Waals surface area contributed by atoms with E-state index in [0.717, 1.165) is 37.9 Å². The summed E-state index contributed by atoms with van der Waals surface area (Å²) in [4.78, 5) is 0. The van der Waals surface area contributed by atoms with E-state index >= 15 is 0 Å². The summed E-state index contributed by atoms with van der Waals surface area (Å²) in [6.45, 7) is 4.27. The lowest BCUT2D eigenvalue weighted by molar-refractivity contribution is -0.0389. The number of fused-ring (bicyclic) bond motifs is 1. The van der Waals surface area contributed by atoms with Crippen molar-refractivity contribution in [3.8, 4) is 0 Å². The molecular weight excluding hydrogens is 229 g/mol. The van der Waals surface area contributed by atoms with Crippen molar-refractivity contribution in [2.24, 2.45) is 5.92 Å². The van der Waals surface area contributed by atoms with Gasteiger partial charge < -0.3 is 10.1 Å². The van der Waals surface area contributed by atoms with Crippen LogP contribution in [0.3, 0.4) is 0 Å². The molecule has 0 spiro atoms. The molecule has 1 aromatic rings. The molecule has 0 radical (unpaired) electrons. The van der Waals surface area contributed by atoms with Gasteiger partial charge in [-0.15, -0.1) is 0 Å². The average molecular weight is 249 g/mol. The summed E-state index contributed by atoms with van der Waals surface area (Å²) in [5.41, 5.74) is 0.902. The molecular formula is C15H20FNO. The third kappa shape index (κ3) is 2.43. The van der Waals surface area contributed by atoms with Gasteiger partial charge in [0.2, 0.25) is 0 Å². The van der Waals surface area contributed by atoms with Crippen LogP contribution in [0.1, 0.15) is 25.3 Å². The molecule has 1 aromatic carbocycles. The SMILES string of the molecule is C[C@]1(Cc2cccc(F)c2)C[C@@H]2CNCC[C@@H]2O1. The molecule has 3 atom stereocenters. The number of halogens is 1. The van der Waals surface area contributed by atoms with Crippen molar-refractivity contribution in [1.82, 2.24) is 5.32 Å². The molecule has 2 nitrogen and oxygen atoms in total. The zero-order valence-corrected chi connectivity index (χ0v) is 10.8. The van der Waals surface area contributed by atoms with Crippen molar-refractivity contribution < 1.29 is 9.13 Å². The number of hydrogen-bond acceptors (Lipinski definition) is 2. The Hall–Kier alpha value is -0.930. The maximum atomic E-state index is 13.2. The molecule has 2 saturated heterocycles. The average Bonchev–Trinajstić information content (AvgIpc) is 2.64. The second kappa shape index (κ2) is 4.63. The first-order valence-electron chi connectivity index (χ1n) is 6.78. The van der Waals surface area contributed by atoms with Crippen molar-refractivity contribution in [2.45, 2.75) is 37.9 Å². The Morgan fingerprint density at radius 2 is 2.39 bits per heavy atom. The number of piperidine rings is 1. The Morgan fingerprint density at radius 1 is 1.50 bits per heavy atom. The fourth-order valence-electron chi connectivity index (χ4n) is 3.42. The molecule has 2 heterocycles. The predicted octanol–water partition coefficient (Wildman–Crippen LogP) is 2.53. The van der Waals surface area contributed by atoms with Crippen molar-refractivity contribution in [3.63, 3.8) is 0 Å². The Morgan fingerprint density at radius 3 is 3.17 bits per heavy atom. The summed E-state index contributed by atoms with van der Waals surface area (Å²) < 4.78 is 19.4. The monoisotopic (exact) mass is 249 g/mol. The van der Waals surface area contributed by atoms with Crippen LogP contribution < -0.4 is 5.32 Å². The minimum atomic E-state index is -0.159. The molecule has 18 heavy (non-hydrogen) atoms. The molecule has 0 saturated carbocycles. The highest BCUT2D eigenvalue weighted by Crippen LogP contribution is 2.39. The fraction of sp³-hybridized carbons (Fsp3) is 0.600. The van der Waals surface area contributed by atoms with Crippen molar-refractivity contribution >= 4 is 0 Å². The summed E-state index contributed by atoms with van der Waals surface area (Å²) in [5.74, 6) is 0.463. The molecule has 0 unspecified atom stereocenters. The molecule has 0 aromatic heterocycles. The van der Waals surface area contributed by atoms with E-state index in [1.54, 1.807) is 12.1 Å². The second-order valence-electron chi connectivity index (χ2n) is 5.87. The second-order valence-corrected chi connectivity index (χ2v) is 5.87. The molecule has 2 fully saturated rings. The molecule has 0 bridgehead atoms. The topological polar surface area (TPSA) is 21.3 Å². The molecule has 1 N–H and O–H groups in total. The largest absolute Gasteiger partial charge is 0.371 e. The smallest absolute Gasteiger partial charge is 0.123 e. The number of nitrogens with one attached hydrogen (secondary N) is 1. The zero-order valence-electron chi connectivity index (χ0n) is 10.8. The van der Waals surface area contributed by atoms with Gasteiger partial charge in [0.25, 0.3) is 0 Å². The minimum absolute atomic E-state index is 0.130. The molecule has 3 heteroatoms. The third-order valence-electron chi connectivity index (χ3n) is 4.13. The third-order valence-corrected chi connectivity index (χ3v) is 4.13. The lowest BCUT2D eigenvalue weighted by Crippen LogP contribution is -2.37. The Balaban J connectivity index is 1.72. The highest BCUT2D eigenvalue weighted by molar-refractivity contribution is 5.19. The van der Waals surface area contributed by atoms with Gasteiger partial charge in [-0.05, 0) is 44.0 Å². The first kappa shape index (κ1) is 12.1. The van der Waals surface area contributed by atoms with Gasteiger partial charge in [0.05, 0.1) is 11.7 Å². The van der Waals surface area contributed by atoms with Gasteiger partial charge in [0.15, 0.2) is 0 Å². The first-order valence-corrected chi connectivity index (χ1v) is 6.78. The molecule has 3 rings (SSSR count). The lowest BCUT2D eigenvalue weighted by Gasteiger charge is -2.26. The number of hydrogen-bond donors (Lipinski definition) is 1. The highest BCUT2D eigenvalue weighted by Gasteiger charge is 2.43. The van der Waals surface area contributed by atoms with Gasteiger partial charge in [0.1, 0.15) is 5.82 Å². The highest BCUT2D eigenvalue weighted by atomic mass is 19.1. The molecule has 98 valence electrons. The maximum Gasteiger partial charge on any atom is 0.123 e. The number of benzene rings is 1. The quantitative estimate of drug-likeness (QED) is 0.869. The Labute approximate surface area is 108 Å². The van der Waals surface area contributed by atoms with E-state index < -0.39 is 0 Å². The lowest BCUT2D eigenvalue weighted by atomic mass is 9.86. The predicted molar refractivity (Wildman–Crippen MR) is 69.0 cm³/mol. The standard InChI is InChI=1S/C15H20FNO/c1-15(8-11-3-2-4-13(16)7-11)9-12-10-17-6-5-14(12)18-15/h2-4,7,12,14,17H,5-6,8-10H2,1H3/t12-,14+,15+/m1/s1. The van der Waals surface area contributed by atoms with E-state index in [-0.39, 0.29) is 11.4 Å². The van der Waals surface area contributed by atoms with Crippen LogP contribution in [0.2, 0.25) is 0 Å². The number of ether oxygens (including phenoxy) is 1. The van der Waals surface area contributed by atoms with Crippen LogP contribution in [0.5, 0.6) is 0 Å². The first-order chi connectivity index (χ1) is 8.65.